The van der Waals surface area contributed by atoms with Crippen molar-refractivity contribution in [2.45, 2.75) is 25.7 Å². The summed E-state index contributed by atoms with van der Waals surface area (Å²) in [6.07, 6.45) is 1.19. The van der Waals surface area contributed by atoms with E-state index in [1.54, 1.807) is 9.80 Å². The van der Waals surface area contributed by atoms with Gasteiger partial charge in [0.25, 0.3) is 11.8 Å². The molecule has 0 radical (unpaired) electrons. The number of hydrogen-bond donors (Lipinski definition) is 4. The number of hydrogen-bond acceptors (Lipinski definition) is 8. The van der Waals surface area contributed by atoms with E-state index in [1.165, 1.54) is 0 Å². The zero-order valence-corrected chi connectivity index (χ0v) is 30.9. The highest BCUT2D eigenvalue weighted by Gasteiger charge is 2.28. The van der Waals surface area contributed by atoms with Crippen molar-refractivity contribution in [3.63, 3.8) is 0 Å². The Balaban J connectivity index is 1.19. The van der Waals surface area contributed by atoms with Crippen molar-refractivity contribution < 1.29 is 38.9 Å². The van der Waals surface area contributed by atoms with Gasteiger partial charge in [-0.05, 0) is 61.3 Å². The maximum atomic E-state index is 12.7. The maximum Gasteiger partial charge on any atom is 0.303 e. The molecule has 0 unspecified atom stereocenters. The smallest absolute Gasteiger partial charge is 0.303 e. The van der Waals surface area contributed by atoms with Crippen LogP contribution in [0.25, 0.3) is 33.4 Å². The first-order valence-corrected chi connectivity index (χ1v) is 18.5. The number of ether oxygens (including phenoxy) is 2. The van der Waals surface area contributed by atoms with Crippen molar-refractivity contribution in [2.75, 3.05) is 62.3 Å². The SMILES string of the molecule is O=C(O)CCCNCCN1C(=O)COc2cc(-c3cccc(-c4cccc(-c5ccc6c(c5)OCC(=O)N6CCNCCCC(=O)O)c4Cl)c3Cl)ccc21. The molecule has 0 saturated carbocycles. The molecule has 4 aromatic rings. The van der Waals surface area contributed by atoms with Crippen molar-refractivity contribution in [1.82, 2.24) is 10.6 Å². The fourth-order valence-electron chi connectivity index (χ4n) is 6.52. The fraction of sp³-hybridized carbons (Fsp3) is 0.300. The summed E-state index contributed by atoms with van der Waals surface area (Å²) in [7, 11) is 0. The van der Waals surface area contributed by atoms with Gasteiger partial charge in [0.05, 0.1) is 21.4 Å². The normalized spacial score (nSPS) is 13.6. The summed E-state index contributed by atoms with van der Waals surface area (Å²) in [6.45, 7) is 2.73. The summed E-state index contributed by atoms with van der Waals surface area (Å²) >= 11 is 14.2. The van der Waals surface area contributed by atoms with E-state index in [1.807, 2.05) is 72.8 Å². The molecule has 2 aliphatic rings. The molecule has 2 heterocycles. The summed E-state index contributed by atoms with van der Waals surface area (Å²) in [6, 6.07) is 22.7. The second-order valence-corrected chi connectivity index (χ2v) is 13.6. The van der Waals surface area contributed by atoms with Crippen LogP contribution in [-0.4, -0.2) is 86.4 Å². The average molecular weight is 776 g/mol. The number of carbonyl (C=O) groups is 4. The standard InChI is InChI=1S/C40H40Cl2N4O8/c41-39-27(25-11-13-31-33(21-25)53-23-35(47)45(31)19-17-43-15-3-9-37(49)50)5-1-7-29(39)30-8-2-6-28(40(30)42)26-12-14-32-34(22-26)54-24-36(48)46(32)20-18-44-16-4-10-38(51)52/h1-2,5-8,11-14,21-22,43-44H,3-4,9-10,15-20,23-24H2,(H,49,50)(H,51,52). The third-order valence-electron chi connectivity index (χ3n) is 9.23. The van der Waals surface area contributed by atoms with E-state index >= 15 is 0 Å². The molecule has 4 aromatic carbocycles. The van der Waals surface area contributed by atoms with E-state index in [0.717, 1.165) is 33.4 Å². The second-order valence-electron chi connectivity index (χ2n) is 12.9. The van der Waals surface area contributed by atoms with Crippen LogP contribution in [0.15, 0.2) is 72.8 Å². The van der Waals surface area contributed by atoms with Crippen LogP contribution in [0.5, 0.6) is 11.5 Å². The van der Waals surface area contributed by atoms with Crippen LogP contribution in [-0.2, 0) is 19.2 Å². The van der Waals surface area contributed by atoms with Crippen molar-refractivity contribution in [1.29, 1.82) is 0 Å². The number of carboxylic acid groups (broad SMARTS) is 2. The highest BCUT2D eigenvalue weighted by atomic mass is 35.5. The zero-order valence-electron chi connectivity index (χ0n) is 29.4. The molecule has 0 fully saturated rings. The second kappa shape index (κ2) is 17.8. The van der Waals surface area contributed by atoms with Gasteiger partial charge in [-0.25, -0.2) is 0 Å². The lowest BCUT2D eigenvalue weighted by Crippen LogP contribution is -2.42. The molecule has 14 heteroatoms. The third-order valence-corrected chi connectivity index (χ3v) is 10.0. The van der Waals surface area contributed by atoms with E-state index in [-0.39, 0.29) is 37.9 Å². The molecule has 0 aromatic heterocycles. The predicted octanol–water partition coefficient (Wildman–Crippen LogP) is 6.35. The Bertz CT molecular complexity index is 1910. The molecule has 2 aliphatic heterocycles. The van der Waals surface area contributed by atoms with E-state index < -0.39 is 11.9 Å². The molecule has 0 spiro atoms. The Labute approximate surface area is 322 Å². The molecule has 2 amide bonds. The van der Waals surface area contributed by atoms with E-state index in [4.69, 9.17) is 42.9 Å². The third kappa shape index (κ3) is 8.96. The summed E-state index contributed by atoms with van der Waals surface area (Å²) in [5, 5.41) is 25.0. The summed E-state index contributed by atoms with van der Waals surface area (Å²) in [5.74, 6) is -0.879. The van der Waals surface area contributed by atoms with Crippen molar-refractivity contribution in [3.05, 3.63) is 82.8 Å². The van der Waals surface area contributed by atoms with Crippen LogP contribution in [0.2, 0.25) is 10.0 Å². The van der Waals surface area contributed by atoms with Gasteiger partial charge in [0.2, 0.25) is 0 Å². The number of nitrogens with zero attached hydrogens (tertiary/aromatic N) is 2. The van der Waals surface area contributed by atoms with E-state index in [0.29, 0.717) is 85.0 Å². The number of amides is 2. The van der Waals surface area contributed by atoms with Crippen LogP contribution in [0.4, 0.5) is 11.4 Å². The van der Waals surface area contributed by atoms with Gasteiger partial charge in [-0.1, -0.05) is 71.7 Å². The predicted molar refractivity (Wildman–Crippen MR) is 208 cm³/mol. The first-order chi connectivity index (χ1) is 26.1. The number of carboxylic acids is 2. The van der Waals surface area contributed by atoms with Crippen LogP contribution in [0.1, 0.15) is 25.7 Å². The van der Waals surface area contributed by atoms with Crippen molar-refractivity contribution >= 4 is 58.3 Å². The monoisotopic (exact) mass is 774 g/mol. The number of aliphatic carboxylic acids is 2. The Kier molecular flexibility index (Phi) is 12.7. The van der Waals surface area contributed by atoms with E-state index in [2.05, 4.69) is 10.6 Å². The Morgan fingerprint density at radius 1 is 0.611 bits per heavy atom. The highest BCUT2D eigenvalue weighted by Crippen LogP contribution is 2.45. The lowest BCUT2D eigenvalue weighted by Gasteiger charge is -2.30. The minimum atomic E-state index is -0.837. The molecule has 4 N–H and O–H groups in total. The Morgan fingerprint density at radius 2 is 1.02 bits per heavy atom. The van der Waals surface area contributed by atoms with E-state index in [9.17, 15) is 19.2 Å². The number of rotatable bonds is 17. The number of fused-ring (bicyclic) bond motifs is 2. The van der Waals surface area contributed by atoms with Gasteiger partial charge >= 0.3 is 11.9 Å². The van der Waals surface area contributed by atoms with Gasteiger partial charge in [-0.3, -0.25) is 19.2 Å². The summed E-state index contributed by atoms with van der Waals surface area (Å²) in [5.41, 5.74) is 5.88. The maximum absolute atomic E-state index is 12.7. The van der Waals surface area contributed by atoms with Crippen LogP contribution in [0, 0.1) is 0 Å². The average Bonchev–Trinajstić information content (AvgIpc) is 3.15. The first-order valence-electron chi connectivity index (χ1n) is 17.7. The molecule has 0 atom stereocenters. The topological polar surface area (TPSA) is 158 Å². The van der Waals surface area contributed by atoms with Crippen molar-refractivity contribution in [3.8, 4) is 44.9 Å². The molecular weight excluding hydrogens is 735 g/mol. The Hall–Kier alpha value is -5.14. The van der Waals surface area contributed by atoms with Crippen molar-refractivity contribution in [2.24, 2.45) is 0 Å². The molecule has 6 rings (SSSR count). The number of anilines is 2. The van der Waals surface area contributed by atoms with Gasteiger partial charge in [0.15, 0.2) is 13.2 Å². The summed E-state index contributed by atoms with van der Waals surface area (Å²) < 4.78 is 11.7. The highest BCUT2D eigenvalue weighted by molar-refractivity contribution is 6.39. The van der Waals surface area contributed by atoms with Crippen LogP contribution < -0.4 is 29.9 Å². The minimum absolute atomic E-state index is 0.0879. The van der Waals surface area contributed by atoms with Gasteiger partial charge in [-0.15, -0.1) is 0 Å². The molecule has 0 saturated heterocycles. The van der Waals surface area contributed by atoms with Gasteiger partial charge in [-0.2, -0.15) is 0 Å². The molecular formula is C40H40Cl2N4O8. The minimum Gasteiger partial charge on any atom is -0.482 e. The molecule has 0 bridgehead atoms. The number of benzene rings is 4. The molecule has 54 heavy (non-hydrogen) atoms. The van der Waals surface area contributed by atoms with Crippen LogP contribution in [0.3, 0.4) is 0 Å². The lowest BCUT2D eigenvalue weighted by molar-refractivity contribution is -0.138. The number of carbonyl (C=O) groups excluding carboxylic acids is 2. The van der Waals surface area contributed by atoms with Gasteiger partial charge in [0.1, 0.15) is 11.5 Å². The molecule has 12 nitrogen and oxygen atoms in total. The quantitative estimate of drug-likeness (QED) is 0.0891. The number of nitrogens with one attached hydrogen (secondary N) is 2. The molecule has 0 aliphatic carbocycles. The zero-order chi connectivity index (χ0) is 38.2. The number of halogens is 2. The largest absolute Gasteiger partial charge is 0.482 e. The van der Waals surface area contributed by atoms with Crippen LogP contribution >= 0.6 is 23.2 Å². The molecule has 282 valence electrons. The summed E-state index contributed by atoms with van der Waals surface area (Å²) in [4.78, 5) is 50.3. The first kappa shape index (κ1) is 38.6. The van der Waals surface area contributed by atoms with Gasteiger partial charge in [0, 0.05) is 61.3 Å². The Morgan fingerprint density at radius 3 is 1.43 bits per heavy atom. The van der Waals surface area contributed by atoms with Gasteiger partial charge < -0.3 is 40.1 Å². The lowest BCUT2D eigenvalue weighted by atomic mass is 9.95. The fourth-order valence-corrected chi connectivity index (χ4v) is 7.19.